The molecule has 1 amide bonds. The molecule has 0 radical (unpaired) electrons. The van der Waals surface area contributed by atoms with Crippen molar-refractivity contribution in [2.75, 3.05) is 7.05 Å². The van der Waals surface area contributed by atoms with Crippen molar-refractivity contribution in [3.8, 4) is 11.4 Å². The zero-order chi connectivity index (χ0) is 48.3. The van der Waals surface area contributed by atoms with Gasteiger partial charge < -0.3 is 26.0 Å². The van der Waals surface area contributed by atoms with Crippen LogP contribution in [0.1, 0.15) is 32.2 Å². The Labute approximate surface area is 381 Å². The number of aliphatic carboxylic acids is 2. The molecule has 344 valence electrons. The predicted molar refractivity (Wildman–Crippen MR) is 232 cm³/mol. The normalized spacial score (nSPS) is 12.1. The summed E-state index contributed by atoms with van der Waals surface area (Å²) in [6.07, 6.45) is 5.38. The Bertz CT molecular complexity index is 2900. The zero-order valence-corrected chi connectivity index (χ0v) is 37.7. The number of nitrogens with one attached hydrogen (secondary N) is 2. The largest absolute Gasteiger partial charge is 0.478 e. The van der Waals surface area contributed by atoms with Crippen LogP contribution in [0.15, 0.2) is 130 Å². The number of carboxylic acids is 2. The molecule has 0 spiro atoms. The minimum Gasteiger partial charge on any atom is -0.478 e. The van der Waals surface area contributed by atoms with Gasteiger partial charge in [-0.1, -0.05) is 56.1 Å². The van der Waals surface area contributed by atoms with E-state index in [1.165, 1.54) is 91.5 Å². The fourth-order valence-electron chi connectivity index (χ4n) is 5.56. The first-order valence-electron chi connectivity index (χ1n) is 18.6. The maximum Gasteiger partial charge on any atom is 0.404 e. The van der Waals surface area contributed by atoms with Crippen molar-refractivity contribution in [2.24, 2.45) is 5.41 Å². The van der Waals surface area contributed by atoms with Gasteiger partial charge in [0.1, 0.15) is 21.7 Å². The molecule has 1 atom stereocenters. The smallest absolute Gasteiger partial charge is 0.404 e. The molecule has 18 nitrogen and oxygen atoms in total. The van der Waals surface area contributed by atoms with Gasteiger partial charge in [0.05, 0.1) is 32.6 Å². The number of aromatic nitrogens is 6. The van der Waals surface area contributed by atoms with Gasteiger partial charge in [0.2, 0.25) is 19.7 Å². The molecule has 6 aromatic rings. The molecule has 1 unspecified atom stereocenters. The summed E-state index contributed by atoms with van der Waals surface area (Å²) < 4.78 is 82.8. The third kappa shape index (κ3) is 13.2. The van der Waals surface area contributed by atoms with E-state index in [2.05, 4.69) is 30.8 Å². The van der Waals surface area contributed by atoms with Crippen molar-refractivity contribution in [1.82, 2.24) is 40.2 Å². The van der Waals surface area contributed by atoms with E-state index in [-0.39, 0.29) is 47.7 Å². The summed E-state index contributed by atoms with van der Waals surface area (Å²) in [6, 6.07) is 16.2. The molecular weight excluding hydrogens is 938 g/mol. The summed E-state index contributed by atoms with van der Waals surface area (Å²) in [6.45, 7) is 5.89. The van der Waals surface area contributed by atoms with Crippen LogP contribution in [0.3, 0.4) is 0 Å². The Morgan fingerprint density at radius 2 is 1.15 bits per heavy atom. The number of carboxylic acid groups (broad SMARTS) is 3. The molecule has 6 rings (SSSR count). The summed E-state index contributed by atoms with van der Waals surface area (Å²) in [5, 5.41) is 38.0. The molecular formula is C41H40Cl2F2N8O10S2. The fraction of sp³-hybridized carbons (Fsp3) is 0.195. The molecule has 0 aliphatic carbocycles. The zero-order valence-electron chi connectivity index (χ0n) is 34.6. The number of hydrogen-bond donors (Lipinski definition) is 5. The number of hydrogen-bond acceptors (Lipinski definition) is 12. The van der Waals surface area contributed by atoms with Gasteiger partial charge in [0.15, 0.2) is 10.1 Å². The number of rotatable bonds is 13. The lowest BCUT2D eigenvalue weighted by Crippen LogP contribution is -2.44. The molecule has 4 aromatic heterocycles. The molecule has 0 aliphatic heterocycles. The third-order valence-electron chi connectivity index (χ3n) is 8.70. The van der Waals surface area contributed by atoms with Gasteiger partial charge in [-0.2, -0.15) is 10.2 Å². The van der Waals surface area contributed by atoms with Crippen LogP contribution >= 0.6 is 23.2 Å². The topological polar surface area (TPSA) is 266 Å². The van der Waals surface area contributed by atoms with Crippen LogP contribution in [-0.4, -0.2) is 92.8 Å². The molecule has 4 heterocycles. The Balaban J connectivity index is 0.000000249. The van der Waals surface area contributed by atoms with Crippen molar-refractivity contribution >= 4 is 60.9 Å². The van der Waals surface area contributed by atoms with Crippen molar-refractivity contribution in [3.05, 3.63) is 143 Å². The lowest BCUT2D eigenvalue weighted by molar-refractivity contribution is -0.134. The first kappa shape index (κ1) is 51.0. The van der Waals surface area contributed by atoms with Crippen LogP contribution in [-0.2, 0) is 42.2 Å². The molecule has 0 aliphatic rings. The second kappa shape index (κ2) is 21.9. The van der Waals surface area contributed by atoms with E-state index >= 15 is 0 Å². The Morgan fingerprint density at radius 1 is 0.723 bits per heavy atom. The molecule has 0 saturated heterocycles. The monoisotopic (exact) mass is 976 g/mol. The molecule has 0 fully saturated rings. The van der Waals surface area contributed by atoms with E-state index in [9.17, 15) is 45.1 Å². The van der Waals surface area contributed by atoms with Crippen LogP contribution in [0, 0.1) is 17.0 Å². The molecule has 0 saturated carbocycles. The number of sulfone groups is 2. The average molecular weight is 978 g/mol. The first-order chi connectivity index (χ1) is 30.5. The Morgan fingerprint density at radius 3 is 1.52 bits per heavy atom. The maximum atomic E-state index is 14.1. The fourth-order valence-corrected chi connectivity index (χ4v) is 8.68. The standard InChI is InChI=1S/C21H22ClFN4O4S.C16H14ClFN4O2S.C4H4O4/c1-21(2,3)17(25-20(28)29)10-13-11-18(32(30,31)14-6-5-9-24-12-14)27(26-13)16-8-4-7-15(23)19(16)22;1-19-9-11-8-15(25(23,24)12-4-3-7-20-10-12)22(21-11)14-6-2-5-13(18)16(14)17;5-3(6)1-2-4(7)8/h4-9,11-12,17,25H,10H2,1-3H3,(H,28,29);2-8,10,19H,9H2,1H3;1-2H,(H,5,6)(H,7,8). The highest BCUT2D eigenvalue weighted by molar-refractivity contribution is 7.91. The van der Waals surface area contributed by atoms with Crippen LogP contribution < -0.4 is 10.6 Å². The summed E-state index contributed by atoms with van der Waals surface area (Å²) in [5.74, 6) is -3.90. The van der Waals surface area contributed by atoms with E-state index in [0.717, 1.165) is 15.4 Å². The van der Waals surface area contributed by atoms with Gasteiger partial charge in [0.25, 0.3) is 0 Å². The first-order valence-corrected chi connectivity index (χ1v) is 22.4. The van der Waals surface area contributed by atoms with Gasteiger partial charge >= 0.3 is 18.0 Å². The minimum atomic E-state index is -4.10. The van der Waals surface area contributed by atoms with E-state index in [4.69, 9.17) is 33.4 Å². The number of carbonyl (C=O) groups is 3. The average Bonchev–Trinajstić information content (AvgIpc) is 3.88. The van der Waals surface area contributed by atoms with Crippen molar-refractivity contribution < 1.29 is 55.3 Å². The van der Waals surface area contributed by atoms with Gasteiger partial charge in [-0.05, 0) is 67.1 Å². The van der Waals surface area contributed by atoms with Gasteiger partial charge in [-0.15, -0.1) is 0 Å². The molecule has 2 aromatic carbocycles. The van der Waals surface area contributed by atoms with Crippen LogP contribution in [0.5, 0.6) is 0 Å². The second-order valence-corrected chi connectivity index (χ2v) is 19.0. The predicted octanol–water partition coefficient (Wildman–Crippen LogP) is 6.44. The van der Waals surface area contributed by atoms with Gasteiger partial charge in [0, 0.05) is 62.0 Å². The number of benzene rings is 2. The summed E-state index contributed by atoms with van der Waals surface area (Å²) in [7, 11) is -6.30. The third-order valence-corrected chi connectivity index (χ3v) is 12.9. The summed E-state index contributed by atoms with van der Waals surface area (Å²) in [5.41, 5.74) is 0.471. The number of pyridine rings is 2. The Hall–Kier alpha value is -6.59. The lowest BCUT2D eigenvalue weighted by Gasteiger charge is -2.29. The highest BCUT2D eigenvalue weighted by Crippen LogP contribution is 2.32. The quantitative estimate of drug-likeness (QED) is 0.0780. The van der Waals surface area contributed by atoms with E-state index in [1.54, 1.807) is 7.05 Å². The second-order valence-electron chi connectivity index (χ2n) is 14.4. The molecule has 5 N–H and O–H groups in total. The van der Waals surface area contributed by atoms with Crippen molar-refractivity contribution in [2.45, 2.75) is 59.6 Å². The van der Waals surface area contributed by atoms with Crippen LogP contribution in [0.2, 0.25) is 10.0 Å². The minimum absolute atomic E-state index is 0.0136. The van der Waals surface area contributed by atoms with E-state index in [0.29, 0.717) is 30.1 Å². The summed E-state index contributed by atoms with van der Waals surface area (Å²) >= 11 is 12.1. The molecule has 0 bridgehead atoms. The van der Waals surface area contributed by atoms with E-state index in [1.807, 2.05) is 20.8 Å². The van der Waals surface area contributed by atoms with Crippen LogP contribution in [0.25, 0.3) is 11.4 Å². The Kier molecular flexibility index (Phi) is 17.2. The SMILES string of the molecule is CC(C)(C)C(Cc1cc(S(=O)(=O)c2cccnc2)n(-c2cccc(F)c2Cl)n1)NC(=O)O.CNCc1cc(S(=O)(=O)c2cccnc2)n(-c2cccc(F)c2Cl)n1.O=C(O)C=CC(=O)O. The highest BCUT2D eigenvalue weighted by Gasteiger charge is 2.31. The molecule has 65 heavy (non-hydrogen) atoms. The molecule has 24 heteroatoms. The van der Waals surface area contributed by atoms with Crippen LogP contribution in [0.4, 0.5) is 13.6 Å². The summed E-state index contributed by atoms with van der Waals surface area (Å²) in [4.78, 5) is 38.0. The van der Waals surface area contributed by atoms with Crippen molar-refractivity contribution in [3.63, 3.8) is 0 Å². The number of nitrogens with zero attached hydrogens (tertiary/aromatic N) is 6. The van der Waals surface area contributed by atoms with Gasteiger partial charge in [-0.3, -0.25) is 9.97 Å². The maximum absolute atomic E-state index is 14.1. The lowest BCUT2D eigenvalue weighted by atomic mass is 9.84. The van der Waals surface area contributed by atoms with E-state index < -0.39 is 60.8 Å². The van der Waals surface area contributed by atoms with Crippen molar-refractivity contribution in [1.29, 1.82) is 0 Å². The highest BCUT2D eigenvalue weighted by atomic mass is 35.5. The van der Waals surface area contributed by atoms with Gasteiger partial charge in [-0.25, -0.2) is 49.4 Å². The number of halogens is 4. The number of amides is 1.